The van der Waals surface area contributed by atoms with Crippen LogP contribution >= 0.6 is 15.9 Å². The van der Waals surface area contributed by atoms with Crippen LogP contribution in [0, 0.1) is 11.7 Å². The molecule has 0 aliphatic carbocycles. The van der Waals surface area contributed by atoms with Crippen LogP contribution in [0.5, 0.6) is 0 Å². The Labute approximate surface area is 119 Å². The molecule has 1 fully saturated rings. The van der Waals surface area contributed by atoms with E-state index in [9.17, 15) is 9.18 Å². The molecule has 0 bridgehead atoms. The maximum absolute atomic E-state index is 13.9. The molecule has 1 aromatic rings. The number of rotatable bonds is 4. The van der Waals surface area contributed by atoms with E-state index in [-0.39, 0.29) is 5.56 Å². The minimum absolute atomic E-state index is 0.0652. The van der Waals surface area contributed by atoms with Gasteiger partial charge in [0.25, 0.3) is 5.91 Å². The van der Waals surface area contributed by atoms with Crippen LogP contribution in [-0.2, 0) is 4.74 Å². The van der Waals surface area contributed by atoms with Gasteiger partial charge in [-0.2, -0.15) is 0 Å². The third kappa shape index (κ3) is 3.25. The molecule has 2 N–H and O–H groups in total. The second kappa shape index (κ2) is 5.88. The second-order valence-corrected chi connectivity index (χ2v) is 5.67. The Morgan fingerprint density at radius 1 is 1.63 bits per heavy atom. The molecule has 0 aromatic heterocycles. The van der Waals surface area contributed by atoms with E-state index in [2.05, 4.69) is 15.9 Å². The van der Waals surface area contributed by atoms with Crippen LogP contribution in [0.2, 0.25) is 0 Å². The summed E-state index contributed by atoms with van der Waals surface area (Å²) in [6.07, 6.45) is 0.979. The number of ether oxygens (including phenoxy) is 1. The number of carbonyl (C=O) groups is 1. The van der Waals surface area contributed by atoms with Crippen LogP contribution < -0.4 is 10.6 Å². The molecule has 6 heteroatoms. The summed E-state index contributed by atoms with van der Waals surface area (Å²) in [5.41, 5.74) is 5.71. The number of anilines is 1. The Hall–Kier alpha value is -1.14. The van der Waals surface area contributed by atoms with Crippen LogP contribution in [0.25, 0.3) is 0 Å². The molecule has 1 heterocycles. The number of nitrogens with two attached hydrogens (primary N) is 1. The molecule has 4 nitrogen and oxygen atoms in total. The van der Waals surface area contributed by atoms with E-state index in [0.29, 0.717) is 29.2 Å². The van der Waals surface area contributed by atoms with Crippen molar-refractivity contribution in [2.24, 2.45) is 11.7 Å². The molecule has 1 aliphatic rings. The zero-order valence-electron chi connectivity index (χ0n) is 10.7. The maximum atomic E-state index is 13.9. The first kappa shape index (κ1) is 14.3. The van der Waals surface area contributed by atoms with Crippen LogP contribution in [0.3, 0.4) is 0 Å². The molecule has 1 aromatic carbocycles. The first-order valence-corrected chi connectivity index (χ1v) is 6.86. The fourth-order valence-corrected chi connectivity index (χ4v) is 2.74. The molecule has 1 unspecified atom stereocenters. The van der Waals surface area contributed by atoms with Crippen molar-refractivity contribution in [3.8, 4) is 0 Å². The number of primary amides is 1. The molecule has 2 rings (SSSR count). The van der Waals surface area contributed by atoms with Gasteiger partial charge in [-0.3, -0.25) is 4.79 Å². The number of hydrogen-bond donors (Lipinski definition) is 1. The summed E-state index contributed by atoms with van der Waals surface area (Å²) in [5, 5.41) is 0. The van der Waals surface area contributed by atoms with Gasteiger partial charge in [0.1, 0.15) is 5.82 Å². The van der Waals surface area contributed by atoms with Crippen LogP contribution in [0.15, 0.2) is 16.6 Å². The second-order valence-electron chi connectivity index (χ2n) is 4.76. The predicted molar refractivity (Wildman–Crippen MR) is 74.8 cm³/mol. The molecule has 0 saturated carbocycles. The van der Waals surface area contributed by atoms with Crippen molar-refractivity contribution in [2.45, 2.75) is 6.42 Å². The monoisotopic (exact) mass is 330 g/mol. The Kier molecular flexibility index (Phi) is 4.42. The number of hydrogen-bond acceptors (Lipinski definition) is 3. The summed E-state index contributed by atoms with van der Waals surface area (Å²) in [4.78, 5) is 13.3. The molecular formula is C13H16BrFN2O2. The van der Waals surface area contributed by atoms with Crippen molar-refractivity contribution in [1.29, 1.82) is 0 Å². The van der Waals surface area contributed by atoms with Gasteiger partial charge in [0.05, 0.1) is 17.9 Å². The third-order valence-corrected chi connectivity index (χ3v) is 3.71. The van der Waals surface area contributed by atoms with Gasteiger partial charge in [0.2, 0.25) is 0 Å². The lowest BCUT2D eigenvalue weighted by Crippen LogP contribution is -2.28. The highest BCUT2D eigenvalue weighted by molar-refractivity contribution is 9.10. The van der Waals surface area contributed by atoms with Gasteiger partial charge in [-0.05, 0) is 18.6 Å². The van der Waals surface area contributed by atoms with Gasteiger partial charge >= 0.3 is 0 Å². The van der Waals surface area contributed by atoms with Crippen molar-refractivity contribution >= 4 is 27.5 Å². The van der Waals surface area contributed by atoms with Gasteiger partial charge in [0.15, 0.2) is 0 Å². The van der Waals surface area contributed by atoms with Gasteiger partial charge < -0.3 is 15.4 Å². The average Bonchev–Trinajstić information content (AvgIpc) is 2.79. The van der Waals surface area contributed by atoms with E-state index in [4.69, 9.17) is 10.5 Å². The van der Waals surface area contributed by atoms with E-state index in [1.54, 1.807) is 6.07 Å². The largest absolute Gasteiger partial charge is 0.381 e. The van der Waals surface area contributed by atoms with E-state index in [1.165, 1.54) is 6.07 Å². The Morgan fingerprint density at radius 3 is 2.95 bits per heavy atom. The summed E-state index contributed by atoms with van der Waals surface area (Å²) in [6, 6.07) is 2.95. The molecular weight excluding hydrogens is 315 g/mol. The fraction of sp³-hybridized carbons (Fsp3) is 0.462. The van der Waals surface area contributed by atoms with Crippen LogP contribution in [0.4, 0.5) is 10.1 Å². The minimum Gasteiger partial charge on any atom is -0.381 e. The normalized spacial score (nSPS) is 18.6. The van der Waals surface area contributed by atoms with E-state index < -0.39 is 11.7 Å². The van der Waals surface area contributed by atoms with Gasteiger partial charge in [-0.1, -0.05) is 15.9 Å². The maximum Gasteiger partial charge on any atom is 0.253 e. The zero-order chi connectivity index (χ0) is 14.0. The molecule has 19 heavy (non-hydrogen) atoms. The molecule has 0 spiro atoms. The number of amides is 1. The number of benzene rings is 1. The van der Waals surface area contributed by atoms with Crippen LogP contribution in [0.1, 0.15) is 16.8 Å². The molecule has 104 valence electrons. The van der Waals surface area contributed by atoms with Gasteiger partial charge in [0, 0.05) is 30.6 Å². The number of halogens is 2. The predicted octanol–water partition coefficient (Wildman–Crippen LogP) is 2.16. The van der Waals surface area contributed by atoms with Crippen molar-refractivity contribution in [2.75, 3.05) is 31.7 Å². The summed E-state index contributed by atoms with van der Waals surface area (Å²) in [5.74, 6) is -0.964. The summed E-state index contributed by atoms with van der Waals surface area (Å²) >= 11 is 3.23. The lowest BCUT2D eigenvalue weighted by atomic mass is 10.1. The Bertz CT molecular complexity index is 490. The highest BCUT2D eigenvalue weighted by Crippen LogP contribution is 2.28. The SMILES string of the molecule is CN(CC1CCOC1)c1cc(Br)cc(F)c1C(N)=O. The van der Waals surface area contributed by atoms with Crippen molar-refractivity contribution in [1.82, 2.24) is 0 Å². The first-order chi connectivity index (χ1) is 8.99. The van der Waals surface area contributed by atoms with E-state index >= 15 is 0 Å². The van der Waals surface area contributed by atoms with E-state index in [0.717, 1.165) is 13.0 Å². The molecule has 0 radical (unpaired) electrons. The lowest BCUT2D eigenvalue weighted by Gasteiger charge is -2.24. The summed E-state index contributed by atoms with van der Waals surface area (Å²) in [6.45, 7) is 2.16. The van der Waals surface area contributed by atoms with Gasteiger partial charge in [-0.25, -0.2) is 4.39 Å². The smallest absolute Gasteiger partial charge is 0.253 e. The average molecular weight is 331 g/mol. The highest BCUT2D eigenvalue weighted by Gasteiger charge is 2.22. The third-order valence-electron chi connectivity index (χ3n) is 3.25. The molecule has 1 aliphatic heterocycles. The van der Waals surface area contributed by atoms with Crippen LogP contribution in [-0.4, -0.2) is 32.7 Å². The molecule has 1 atom stereocenters. The fourth-order valence-electron chi connectivity index (χ4n) is 2.32. The van der Waals surface area contributed by atoms with Crippen molar-refractivity contribution in [3.05, 3.63) is 28.0 Å². The summed E-state index contributed by atoms with van der Waals surface area (Å²) < 4.78 is 19.8. The van der Waals surface area contributed by atoms with E-state index in [1.807, 2.05) is 11.9 Å². The van der Waals surface area contributed by atoms with Crippen molar-refractivity contribution in [3.63, 3.8) is 0 Å². The molecule has 1 amide bonds. The zero-order valence-corrected chi connectivity index (χ0v) is 12.2. The van der Waals surface area contributed by atoms with Crippen molar-refractivity contribution < 1.29 is 13.9 Å². The Morgan fingerprint density at radius 2 is 2.37 bits per heavy atom. The lowest BCUT2D eigenvalue weighted by molar-refractivity contribution is 0.0997. The first-order valence-electron chi connectivity index (χ1n) is 6.06. The highest BCUT2D eigenvalue weighted by atomic mass is 79.9. The summed E-state index contributed by atoms with van der Waals surface area (Å²) in [7, 11) is 1.83. The number of carbonyl (C=O) groups excluding carboxylic acids is 1. The minimum atomic E-state index is -0.755. The van der Waals surface area contributed by atoms with Gasteiger partial charge in [-0.15, -0.1) is 0 Å². The number of nitrogens with zero attached hydrogens (tertiary/aromatic N) is 1. The topological polar surface area (TPSA) is 55.6 Å². The quantitative estimate of drug-likeness (QED) is 0.920. The Balaban J connectivity index is 2.28. The molecule has 1 saturated heterocycles. The standard InChI is InChI=1S/C13H16BrFN2O2/c1-17(6-8-2-3-19-7-8)11-5-9(14)4-10(15)12(11)13(16)18/h4-5,8H,2-3,6-7H2,1H3,(H2,16,18).